The van der Waals surface area contributed by atoms with Gasteiger partial charge in [0.25, 0.3) is 0 Å². The molecule has 1 aliphatic rings. The second kappa shape index (κ2) is 6.46. The molecule has 0 bridgehead atoms. The number of halogens is 3. The monoisotopic (exact) mass is 368 g/mol. The minimum absolute atomic E-state index is 0.121. The fraction of sp³-hybridized carbons (Fsp3) is 0.500. The number of piperidine rings is 1. The predicted octanol–water partition coefficient (Wildman–Crippen LogP) is 2.01. The standard InChI is InChI=1S/C12H15BrF2N2O2S/c13-10-4-9(14)5-11(15)12(10)20(18,19)17-7-8-2-1-3-16-6-8/h4-5,8,16-17H,1-3,6-7H2. The van der Waals surface area contributed by atoms with Crippen LogP contribution in [-0.4, -0.2) is 28.1 Å². The molecule has 4 nitrogen and oxygen atoms in total. The smallest absolute Gasteiger partial charge is 0.244 e. The first-order valence-electron chi connectivity index (χ1n) is 6.25. The van der Waals surface area contributed by atoms with E-state index in [1.165, 1.54) is 0 Å². The first-order valence-corrected chi connectivity index (χ1v) is 8.52. The number of hydrogen-bond acceptors (Lipinski definition) is 3. The fourth-order valence-electron chi connectivity index (χ4n) is 2.18. The summed E-state index contributed by atoms with van der Waals surface area (Å²) in [6.45, 7) is 1.90. The van der Waals surface area contributed by atoms with Gasteiger partial charge < -0.3 is 5.32 Å². The Bertz CT molecular complexity index is 566. The average Bonchev–Trinajstić information content (AvgIpc) is 2.36. The van der Waals surface area contributed by atoms with Gasteiger partial charge in [0.2, 0.25) is 10.0 Å². The lowest BCUT2D eigenvalue weighted by molar-refractivity contribution is 0.375. The number of benzene rings is 1. The first-order chi connectivity index (χ1) is 9.40. The first kappa shape index (κ1) is 15.8. The molecule has 1 aromatic carbocycles. The highest BCUT2D eigenvalue weighted by atomic mass is 79.9. The summed E-state index contributed by atoms with van der Waals surface area (Å²) in [6, 6.07) is 1.49. The van der Waals surface area contributed by atoms with Crippen molar-refractivity contribution in [3.05, 3.63) is 28.2 Å². The Kier molecular flexibility index (Phi) is 5.11. The number of rotatable bonds is 4. The van der Waals surface area contributed by atoms with E-state index in [1.54, 1.807) is 0 Å². The molecule has 0 saturated carbocycles. The van der Waals surface area contributed by atoms with Gasteiger partial charge in [-0.1, -0.05) is 0 Å². The van der Waals surface area contributed by atoms with Crippen LogP contribution in [0.15, 0.2) is 21.5 Å². The normalized spacial score (nSPS) is 20.1. The van der Waals surface area contributed by atoms with Crippen LogP contribution in [0.5, 0.6) is 0 Å². The minimum atomic E-state index is -4.00. The van der Waals surface area contributed by atoms with Crippen LogP contribution in [0.1, 0.15) is 12.8 Å². The second-order valence-electron chi connectivity index (χ2n) is 4.76. The molecule has 0 radical (unpaired) electrons. The zero-order valence-corrected chi connectivity index (χ0v) is 13.0. The Morgan fingerprint density at radius 2 is 2.15 bits per heavy atom. The third-order valence-corrected chi connectivity index (χ3v) is 5.58. The molecule has 1 aromatic rings. The third kappa shape index (κ3) is 3.75. The molecule has 112 valence electrons. The zero-order chi connectivity index (χ0) is 14.8. The maximum atomic E-state index is 13.7. The highest BCUT2D eigenvalue weighted by Crippen LogP contribution is 2.26. The molecule has 1 fully saturated rings. The third-order valence-electron chi connectivity index (χ3n) is 3.19. The molecule has 0 aliphatic carbocycles. The van der Waals surface area contributed by atoms with E-state index >= 15 is 0 Å². The van der Waals surface area contributed by atoms with E-state index in [9.17, 15) is 17.2 Å². The Hall–Kier alpha value is -0.570. The Morgan fingerprint density at radius 1 is 1.40 bits per heavy atom. The summed E-state index contributed by atoms with van der Waals surface area (Å²) >= 11 is 2.89. The van der Waals surface area contributed by atoms with Gasteiger partial charge in [0.1, 0.15) is 16.5 Å². The van der Waals surface area contributed by atoms with Gasteiger partial charge in [0, 0.05) is 17.1 Å². The topological polar surface area (TPSA) is 58.2 Å². The van der Waals surface area contributed by atoms with Crippen molar-refractivity contribution in [2.45, 2.75) is 17.7 Å². The average molecular weight is 369 g/mol. The van der Waals surface area contributed by atoms with Gasteiger partial charge in [-0.15, -0.1) is 0 Å². The van der Waals surface area contributed by atoms with E-state index in [-0.39, 0.29) is 16.9 Å². The molecule has 2 N–H and O–H groups in total. The van der Waals surface area contributed by atoms with Crippen molar-refractivity contribution < 1.29 is 17.2 Å². The number of hydrogen-bond donors (Lipinski definition) is 2. The molecule has 0 aromatic heterocycles. The van der Waals surface area contributed by atoms with E-state index in [1.807, 2.05) is 0 Å². The van der Waals surface area contributed by atoms with E-state index in [0.717, 1.165) is 32.0 Å². The van der Waals surface area contributed by atoms with Crippen molar-refractivity contribution in [2.75, 3.05) is 19.6 Å². The molecule has 1 atom stereocenters. The Labute approximate surface area is 125 Å². The zero-order valence-electron chi connectivity index (χ0n) is 10.6. The summed E-state index contributed by atoms with van der Waals surface area (Å²) in [4.78, 5) is -0.553. The highest BCUT2D eigenvalue weighted by Gasteiger charge is 2.25. The summed E-state index contributed by atoms with van der Waals surface area (Å²) in [5, 5.41) is 3.17. The molecular formula is C12H15BrF2N2O2S. The van der Waals surface area contributed by atoms with E-state index in [2.05, 4.69) is 26.0 Å². The van der Waals surface area contributed by atoms with Gasteiger partial charge in [-0.25, -0.2) is 21.9 Å². The van der Waals surface area contributed by atoms with Crippen LogP contribution in [0.4, 0.5) is 8.78 Å². The molecule has 1 saturated heterocycles. The quantitative estimate of drug-likeness (QED) is 0.854. The lowest BCUT2D eigenvalue weighted by Gasteiger charge is -2.23. The number of nitrogens with one attached hydrogen (secondary N) is 2. The van der Waals surface area contributed by atoms with Gasteiger partial charge >= 0.3 is 0 Å². The van der Waals surface area contributed by atoms with Crippen LogP contribution in [0.3, 0.4) is 0 Å². The van der Waals surface area contributed by atoms with Crippen molar-refractivity contribution in [1.29, 1.82) is 0 Å². The van der Waals surface area contributed by atoms with Crippen LogP contribution < -0.4 is 10.0 Å². The summed E-state index contributed by atoms with van der Waals surface area (Å²) in [5.74, 6) is -1.75. The molecule has 20 heavy (non-hydrogen) atoms. The van der Waals surface area contributed by atoms with Gasteiger partial charge in [-0.2, -0.15) is 0 Å². The molecule has 2 rings (SSSR count). The molecular weight excluding hydrogens is 354 g/mol. The fourth-order valence-corrected chi connectivity index (χ4v) is 4.46. The molecule has 0 amide bonds. The second-order valence-corrected chi connectivity index (χ2v) is 7.32. The summed E-state index contributed by atoms with van der Waals surface area (Å²) in [6.07, 6.45) is 1.91. The Morgan fingerprint density at radius 3 is 2.75 bits per heavy atom. The SMILES string of the molecule is O=S(=O)(NCC1CCCNC1)c1c(F)cc(F)cc1Br. The molecule has 0 spiro atoms. The maximum Gasteiger partial charge on any atom is 0.244 e. The lowest BCUT2D eigenvalue weighted by Crippen LogP contribution is -2.38. The van der Waals surface area contributed by atoms with E-state index in [0.29, 0.717) is 6.07 Å². The molecule has 1 heterocycles. The van der Waals surface area contributed by atoms with Crippen molar-refractivity contribution >= 4 is 26.0 Å². The molecule has 1 aliphatic heterocycles. The summed E-state index contributed by atoms with van der Waals surface area (Å²) in [7, 11) is -4.00. The molecule has 8 heteroatoms. The number of sulfonamides is 1. The van der Waals surface area contributed by atoms with Crippen molar-refractivity contribution in [2.24, 2.45) is 5.92 Å². The van der Waals surface area contributed by atoms with Crippen LogP contribution in [0.2, 0.25) is 0 Å². The van der Waals surface area contributed by atoms with Crippen LogP contribution in [-0.2, 0) is 10.0 Å². The summed E-state index contributed by atoms with van der Waals surface area (Å²) < 4.78 is 53.1. The Balaban J connectivity index is 2.14. The maximum absolute atomic E-state index is 13.7. The predicted molar refractivity (Wildman–Crippen MR) is 74.8 cm³/mol. The highest BCUT2D eigenvalue weighted by molar-refractivity contribution is 9.10. The van der Waals surface area contributed by atoms with Crippen LogP contribution >= 0.6 is 15.9 Å². The van der Waals surface area contributed by atoms with Gasteiger partial charge in [0.15, 0.2) is 0 Å². The van der Waals surface area contributed by atoms with Gasteiger partial charge in [-0.05, 0) is 53.8 Å². The summed E-state index contributed by atoms with van der Waals surface area (Å²) in [5.41, 5.74) is 0. The molecule has 1 unspecified atom stereocenters. The lowest BCUT2D eigenvalue weighted by atomic mass is 10.0. The minimum Gasteiger partial charge on any atom is -0.316 e. The largest absolute Gasteiger partial charge is 0.316 e. The van der Waals surface area contributed by atoms with Gasteiger partial charge in [0.05, 0.1) is 0 Å². The van der Waals surface area contributed by atoms with Crippen LogP contribution in [0, 0.1) is 17.6 Å². The van der Waals surface area contributed by atoms with Crippen molar-refractivity contribution in [3.8, 4) is 0 Å². The van der Waals surface area contributed by atoms with Crippen LogP contribution in [0.25, 0.3) is 0 Å². The van der Waals surface area contributed by atoms with E-state index in [4.69, 9.17) is 0 Å². The van der Waals surface area contributed by atoms with Crippen molar-refractivity contribution in [3.63, 3.8) is 0 Å². The van der Waals surface area contributed by atoms with Gasteiger partial charge in [-0.3, -0.25) is 0 Å². The van der Waals surface area contributed by atoms with E-state index < -0.39 is 26.6 Å². The van der Waals surface area contributed by atoms with Crippen molar-refractivity contribution in [1.82, 2.24) is 10.0 Å².